The van der Waals surface area contributed by atoms with Gasteiger partial charge in [0.1, 0.15) is 0 Å². The van der Waals surface area contributed by atoms with Gasteiger partial charge in [-0.05, 0) is 23.6 Å². The fourth-order valence-corrected chi connectivity index (χ4v) is 1.74. The Morgan fingerprint density at radius 3 is 2.75 bits per heavy atom. The smallest absolute Gasteiger partial charge is 0.0522 e. The van der Waals surface area contributed by atoms with Crippen molar-refractivity contribution < 1.29 is 0 Å². The minimum atomic E-state index is 1.20. The van der Waals surface area contributed by atoms with Gasteiger partial charge in [0.15, 0.2) is 0 Å². The molecule has 0 aliphatic rings. The van der Waals surface area contributed by atoms with Crippen LogP contribution in [0.1, 0.15) is 0 Å². The van der Waals surface area contributed by atoms with E-state index in [0.29, 0.717) is 0 Å². The van der Waals surface area contributed by atoms with Crippen LogP contribution in [0.3, 0.4) is 0 Å². The molecule has 0 amide bonds. The molecule has 3 nitrogen and oxygen atoms in total. The maximum atomic E-state index is 4.11. The van der Waals surface area contributed by atoms with Gasteiger partial charge < -0.3 is 4.57 Å². The van der Waals surface area contributed by atoms with Gasteiger partial charge in [0.2, 0.25) is 0 Å². The molecule has 16 heavy (non-hydrogen) atoms. The molecular weight excluding hydrogens is 198 g/mol. The molecule has 0 N–H and O–H groups in total. The molecule has 0 spiro atoms. The molecule has 0 saturated heterocycles. The molecule has 0 bridgehead atoms. The van der Waals surface area contributed by atoms with Gasteiger partial charge in [0.25, 0.3) is 0 Å². The number of nitrogens with zero attached hydrogens (tertiary/aromatic N) is 3. The van der Waals surface area contributed by atoms with Gasteiger partial charge in [0.05, 0.1) is 5.52 Å². The number of hydrogen-bond donors (Lipinski definition) is 0. The molecule has 2 heterocycles. The Bertz CT molecular complexity index is 617. The van der Waals surface area contributed by atoms with Crippen molar-refractivity contribution in [1.29, 1.82) is 0 Å². The summed E-state index contributed by atoms with van der Waals surface area (Å²) in [5.41, 5.74) is 1.20. The Morgan fingerprint density at radius 2 is 1.88 bits per heavy atom. The highest BCUT2D eigenvalue weighted by Crippen LogP contribution is 2.15. The molecule has 1 aromatic carbocycles. The Labute approximate surface area is 93.2 Å². The Morgan fingerprint density at radius 1 is 0.938 bits per heavy atom. The van der Waals surface area contributed by atoms with Crippen LogP contribution in [0.5, 0.6) is 0 Å². The molecule has 0 saturated carbocycles. The minimum Gasteiger partial charge on any atom is -0.322 e. The fraction of sp³-hybridized carbons (Fsp3) is 0. The fourth-order valence-electron chi connectivity index (χ4n) is 1.74. The van der Waals surface area contributed by atoms with Crippen LogP contribution in [0, 0.1) is 0 Å². The largest absolute Gasteiger partial charge is 0.322 e. The molecule has 3 rings (SSSR count). The normalized spacial score (nSPS) is 11.5. The number of rotatable bonds is 2. The summed E-state index contributed by atoms with van der Waals surface area (Å²) < 4.78 is 3.85. The summed E-state index contributed by atoms with van der Waals surface area (Å²) in [5.74, 6) is 0. The molecule has 3 aromatic rings. The van der Waals surface area contributed by atoms with Crippen LogP contribution in [0.2, 0.25) is 0 Å². The van der Waals surface area contributed by atoms with Crippen LogP contribution in [0.4, 0.5) is 0 Å². The zero-order chi connectivity index (χ0) is 10.8. The summed E-state index contributed by atoms with van der Waals surface area (Å²) >= 11 is 0. The number of fused-ring (bicyclic) bond motifs is 1. The lowest BCUT2D eigenvalue weighted by Gasteiger charge is -1.97. The third kappa shape index (κ3) is 1.52. The number of aromatic nitrogens is 3. The van der Waals surface area contributed by atoms with Crippen molar-refractivity contribution in [3.63, 3.8) is 0 Å². The average molecular weight is 209 g/mol. The Balaban J connectivity index is 2.01. The summed E-state index contributed by atoms with van der Waals surface area (Å²) in [6, 6.07) is 12.3. The van der Waals surface area contributed by atoms with E-state index in [-0.39, 0.29) is 0 Å². The van der Waals surface area contributed by atoms with Crippen LogP contribution >= 0.6 is 0 Å². The molecule has 3 heteroatoms. The van der Waals surface area contributed by atoms with Crippen LogP contribution in [0.25, 0.3) is 23.3 Å². The minimum absolute atomic E-state index is 1.20. The second-order valence-electron chi connectivity index (χ2n) is 3.57. The van der Waals surface area contributed by atoms with Gasteiger partial charge in [-0.2, -0.15) is 5.10 Å². The highest BCUT2D eigenvalue weighted by molar-refractivity contribution is 5.82. The number of para-hydroxylation sites is 1. The number of hydrogen-bond acceptors (Lipinski definition) is 1. The first-order valence-electron chi connectivity index (χ1n) is 5.16. The monoisotopic (exact) mass is 209 g/mol. The molecule has 0 fully saturated rings. The zero-order valence-corrected chi connectivity index (χ0v) is 8.69. The maximum absolute atomic E-state index is 4.11. The van der Waals surface area contributed by atoms with Gasteiger partial charge in [0, 0.05) is 31.0 Å². The van der Waals surface area contributed by atoms with E-state index < -0.39 is 0 Å². The lowest BCUT2D eigenvalue weighted by molar-refractivity contribution is 0.934. The van der Waals surface area contributed by atoms with Crippen molar-refractivity contribution in [2.45, 2.75) is 0 Å². The van der Waals surface area contributed by atoms with E-state index in [2.05, 4.69) is 27.9 Å². The van der Waals surface area contributed by atoms with E-state index in [1.807, 2.05) is 43.0 Å². The molecule has 0 radical (unpaired) electrons. The van der Waals surface area contributed by atoms with Gasteiger partial charge in [-0.3, -0.25) is 0 Å². The van der Waals surface area contributed by atoms with Crippen molar-refractivity contribution in [2.75, 3.05) is 0 Å². The summed E-state index contributed by atoms with van der Waals surface area (Å²) in [5, 5.41) is 5.36. The lowest BCUT2D eigenvalue weighted by Crippen LogP contribution is -1.88. The van der Waals surface area contributed by atoms with Crippen LogP contribution in [-0.2, 0) is 0 Å². The lowest BCUT2D eigenvalue weighted by atomic mass is 10.2. The molecule has 0 aliphatic carbocycles. The molecule has 78 valence electrons. The van der Waals surface area contributed by atoms with E-state index in [4.69, 9.17) is 0 Å². The van der Waals surface area contributed by atoms with Gasteiger partial charge in [-0.1, -0.05) is 18.2 Å². The predicted molar refractivity (Wildman–Crippen MR) is 65.7 cm³/mol. The Hall–Kier alpha value is -2.29. The third-order valence-corrected chi connectivity index (χ3v) is 2.53. The first kappa shape index (κ1) is 8.97. The predicted octanol–water partition coefficient (Wildman–Crippen LogP) is 2.92. The SMILES string of the molecule is C(=Cn1ccc2ccccc21)n1cccn1. The maximum Gasteiger partial charge on any atom is 0.0522 e. The van der Waals surface area contributed by atoms with E-state index in [1.165, 1.54) is 10.9 Å². The van der Waals surface area contributed by atoms with Crippen LogP contribution in [-0.4, -0.2) is 14.3 Å². The Kier molecular flexibility index (Phi) is 2.07. The first-order valence-corrected chi connectivity index (χ1v) is 5.16. The average Bonchev–Trinajstić information content (AvgIpc) is 2.96. The van der Waals surface area contributed by atoms with Crippen LogP contribution < -0.4 is 0 Å². The summed E-state index contributed by atoms with van der Waals surface area (Å²) in [6.45, 7) is 0. The summed E-state index contributed by atoms with van der Waals surface area (Å²) in [4.78, 5) is 0. The van der Waals surface area contributed by atoms with Crippen molar-refractivity contribution in [3.8, 4) is 0 Å². The van der Waals surface area contributed by atoms with E-state index in [0.717, 1.165) is 0 Å². The van der Waals surface area contributed by atoms with E-state index in [9.17, 15) is 0 Å². The summed E-state index contributed by atoms with van der Waals surface area (Å²) in [7, 11) is 0. The molecule has 0 aliphatic heterocycles. The second-order valence-corrected chi connectivity index (χ2v) is 3.57. The van der Waals surface area contributed by atoms with Gasteiger partial charge >= 0.3 is 0 Å². The van der Waals surface area contributed by atoms with Gasteiger partial charge in [-0.15, -0.1) is 0 Å². The van der Waals surface area contributed by atoms with E-state index >= 15 is 0 Å². The molecule has 0 unspecified atom stereocenters. The van der Waals surface area contributed by atoms with Gasteiger partial charge in [-0.25, -0.2) is 4.68 Å². The van der Waals surface area contributed by atoms with Crippen molar-refractivity contribution in [3.05, 3.63) is 55.0 Å². The molecule has 0 atom stereocenters. The quantitative estimate of drug-likeness (QED) is 0.636. The summed E-state index contributed by atoms with van der Waals surface area (Å²) in [6.07, 6.45) is 9.63. The zero-order valence-electron chi connectivity index (χ0n) is 8.69. The highest BCUT2D eigenvalue weighted by Gasteiger charge is 1.95. The van der Waals surface area contributed by atoms with Crippen molar-refractivity contribution >= 4 is 23.3 Å². The first-order chi connectivity index (χ1) is 7.93. The van der Waals surface area contributed by atoms with Crippen molar-refractivity contribution in [2.24, 2.45) is 0 Å². The highest BCUT2D eigenvalue weighted by atomic mass is 15.2. The standard InChI is InChI=1S/C13H11N3/c1-2-5-13-12(4-1)6-9-15(13)10-11-16-8-3-7-14-16/h1-11H. The van der Waals surface area contributed by atoms with Crippen LogP contribution in [0.15, 0.2) is 55.0 Å². The van der Waals surface area contributed by atoms with E-state index in [1.54, 1.807) is 10.9 Å². The van der Waals surface area contributed by atoms with Crippen molar-refractivity contribution in [1.82, 2.24) is 14.3 Å². The molecule has 2 aromatic heterocycles. The topological polar surface area (TPSA) is 22.8 Å². The molecular formula is C13H11N3. The number of benzene rings is 1. The third-order valence-electron chi connectivity index (χ3n) is 2.53. The second kappa shape index (κ2) is 3.70.